The van der Waals surface area contributed by atoms with E-state index < -0.39 is 0 Å². The average Bonchev–Trinajstić information content (AvgIpc) is 2.78. The molecule has 0 aliphatic carbocycles. The van der Waals surface area contributed by atoms with E-state index >= 15 is 0 Å². The lowest BCUT2D eigenvalue weighted by Gasteiger charge is -2.09. The molecule has 0 spiro atoms. The highest BCUT2D eigenvalue weighted by molar-refractivity contribution is 5.96. The Bertz CT molecular complexity index is 861. The minimum atomic E-state index is -0.239. The van der Waals surface area contributed by atoms with Gasteiger partial charge in [-0.15, -0.1) is 0 Å². The summed E-state index contributed by atoms with van der Waals surface area (Å²) in [4.78, 5) is 38.7. The molecule has 2 N–H and O–H groups in total. The summed E-state index contributed by atoms with van der Waals surface area (Å²) >= 11 is 0. The predicted octanol–water partition coefficient (Wildman–Crippen LogP) is 1.32. The Hall–Kier alpha value is -2.70. The lowest BCUT2D eigenvalue weighted by molar-refractivity contribution is -0.122. The fraction of sp³-hybridized carbons (Fsp3) is 0.412. The summed E-state index contributed by atoms with van der Waals surface area (Å²) in [6.45, 7) is 8.73. The van der Waals surface area contributed by atoms with Crippen LogP contribution in [0.5, 0.6) is 0 Å². The fourth-order valence-electron chi connectivity index (χ4n) is 2.72. The molecule has 7 heteroatoms. The predicted molar refractivity (Wildman–Crippen MR) is 90.1 cm³/mol. The summed E-state index contributed by atoms with van der Waals surface area (Å²) in [6, 6.07) is 0. The van der Waals surface area contributed by atoms with Gasteiger partial charge < -0.3 is 10.3 Å². The number of nitrogens with zero attached hydrogens (tertiary/aromatic N) is 2. The number of hydrogen-bond donors (Lipinski definition) is 2. The summed E-state index contributed by atoms with van der Waals surface area (Å²) in [5, 5.41) is 7.01. The Morgan fingerprint density at radius 1 is 1.25 bits per heavy atom. The second kappa shape index (κ2) is 6.82. The van der Waals surface area contributed by atoms with Crippen molar-refractivity contribution in [2.45, 2.75) is 47.7 Å². The molecule has 0 aliphatic heterocycles. The van der Waals surface area contributed by atoms with E-state index in [9.17, 15) is 14.4 Å². The number of hydrogen-bond acceptors (Lipinski definition) is 4. The first-order chi connectivity index (χ1) is 11.2. The summed E-state index contributed by atoms with van der Waals surface area (Å²) in [5.74, 6) is -0.305. The number of carbonyl (C=O) groups excluding carboxylic acids is 2. The van der Waals surface area contributed by atoms with E-state index in [0.717, 1.165) is 0 Å². The van der Waals surface area contributed by atoms with Crippen LogP contribution in [0.3, 0.4) is 0 Å². The molecular formula is C17H22N4O3. The van der Waals surface area contributed by atoms with E-state index in [1.54, 1.807) is 33.9 Å². The van der Waals surface area contributed by atoms with E-state index in [2.05, 4.69) is 15.4 Å². The van der Waals surface area contributed by atoms with Crippen LogP contribution in [0, 0.1) is 27.7 Å². The standard InChI is InChI=1S/C17H22N4O3/c1-9-6-18-14(10(2)17(9)24)7-19-15(23)8-21-12(4)16(13(5)22)11(3)20-21/h6H,7-8H2,1-5H3,(H,18,24)(H,19,23). The van der Waals surface area contributed by atoms with Crippen molar-refractivity contribution in [3.63, 3.8) is 0 Å². The second-order valence-corrected chi connectivity index (χ2v) is 5.94. The van der Waals surface area contributed by atoms with Crippen molar-refractivity contribution in [1.29, 1.82) is 0 Å². The summed E-state index contributed by atoms with van der Waals surface area (Å²) in [5.41, 5.74) is 3.74. The lowest BCUT2D eigenvalue weighted by Crippen LogP contribution is -2.29. The molecule has 2 aromatic heterocycles. The minimum Gasteiger partial charge on any atom is -0.363 e. The van der Waals surface area contributed by atoms with Gasteiger partial charge >= 0.3 is 0 Å². The highest BCUT2D eigenvalue weighted by Crippen LogP contribution is 2.13. The number of carbonyl (C=O) groups is 2. The maximum Gasteiger partial charge on any atom is 0.242 e. The number of H-pyrrole nitrogens is 1. The van der Waals surface area contributed by atoms with Crippen LogP contribution in [0.25, 0.3) is 0 Å². The molecule has 128 valence electrons. The maximum absolute atomic E-state index is 12.1. The van der Waals surface area contributed by atoms with Gasteiger partial charge in [0.15, 0.2) is 11.2 Å². The van der Waals surface area contributed by atoms with Crippen LogP contribution < -0.4 is 10.7 Å². The number of amides is 1. The molecule has 0 fully saturated rings. The van der Waals surface area contributed by atoms with Crippen LogP contribution in [-0.4, -0.2) is 26.5 Å². The largest absolute Gasteiger partial charge is 0.363 e. The van der Waals surface area contributed by atoms with Crippen LogP contribution >= 0.6 is 0 Å². The van der Waals surface area contributed by atoms with Gasteiger partial charge in [0, 0.05) is 28.7 Å². The topological polar surface area (TPSA) is 96.8 Å². The monoisotopic (exact) mass is 330 g/mol. The molecule has 2 rings (SSSR count). The third-order valence-corrected chi connectivity index (χ3v) is 4.10. The summed E-state index contributed by atoms with van der Waals surface area (Å²) in [6.07, 6.45) is 1.64. The molecule has 0 aromatic carbocycles. The van der Waals surface area contributed by atoms with Gasteiger partial charge in [0.25, 0.3) is 0 Å². The number of aryl methyl sites for hydroxylation is 2. The smallest absolute Gasteiger partial charge is 0.242 e. The summed E-state index contributed by atoms with van der Waals surface area (Å²) < 4.78 is 1.52. The third kappa shape index (κ3) is 3.45. The number of Topliss-reactive ketones (excluding diaryl/α,β-unsaturated/α-hetero) is 1. The van der Waals surface area contributed by atoms with E-state index in [0.29, 0.717) is 33.8 Å². The van der Waals surface area contributed by atoms with Gasteiger partial charge in [-0.3, -0.25) is 19.1 Å². The first-order valence-electron chi connectivity index (χ1n) is 7.71. The zero-order chi connectivity index (χ0) is 18.0. The van der Waals surface area contributed by atoms with E-state index in [-0.39, 0.29) is 30.2 Å². The van der Waals surface area contributed by atoms with E-state index in [1.165, 1.54) is 11.6 Å². The van der Waals surface area contributed by atoms with Crippen LogP contribution in [-0.2, 0) is 17.9 Å². The van der Waals surface area contributed by atoms with E-state index in [1.807, 2.05) is 0 Å². The normalized spacial score (nSPS) is 10.7. The van der Waals surface area contributed by atoms with Gasteiger partial charge in [0.2, 0.25) is 5.91 Å². The maximum atomic E-state index is 12.1. The van der Waals surface area contributed by atoms with Crippen LogP contribution in [0.4, 0.5) is 0 Å². The highest BCUT2D eigenvalue weighted by atomic mass is 16.2. The zero-order valence-corrected chi connectivity index (χ0v) is 14.6. The second-order valence-electron chi connectivity index (χ2n) is 5.94. The quantitative estimate of drug-likeness (QED) is 0.808. The Morgan fingerprint density at radius 3 is 2.50 bits per heavy atom. The molecular weight excluding hydrogens is 308 g/mol. The Balaban J connectivity index is 2.07. The number of nitrogens with one attached hydrogen (secondary N) is 2. The molecule has 0 aliphatic rings. The number of aromatic amines is 1. The van der Waals surface area contributed by atoms with Crippen molar-refractivity contribution in [3.8, 4) is 0 Å². The minimum absolute atomic E-state index is 0.0229. The molecule has 0 unspecified atom stereocenters. The first-order valence-corrected chi connectivity index (χ1v) is 7.71. The van der Waals surface area contributed by atoms with Crippen molar-refractivity contribution in [2.24, 2.45) is 0 Å². The van der Waals surface area contributed by atoms with Gasteiger partial charge in [0.1, 0.15) is 6.54 Å². The van der Waals surface area contributed by atoms with Crippen molar-refractivity contribution in [1.82, 2.24) is 20.1 Å². The van der Waals surface area contributed by atoms with Gasteiger partial charge in [-0.2, -0.15) is 5.10 Å². The number of ketones is 1. The van der Waals surface area contributed by atoms with Crippen molar-refractivity contribution >= 4 is 11.7 Å². The zero-order valence-electron chi connectivity index (χ0n) is 14.6. The number of aromatic nitrogens is 3. The molecule has 2 aromatic rings. The van der Waals surface area contributed by atoms with Crippen molar-refractivity contribution in [2.75, 3.05) is 0 Å². The number of rotatable bonds is 5. The van der Waals surface area contributed by atoms with Crippen molar-refractivity contribution in [3.05, 3.63) is 50.2 Å². The first kappa shape index (κ1) is 17.7. The number of pyridine rings is 1. The molecule has 24 heavy (non-hydrogen) atoms. The average molecular weight is 330 g/mol. The van der Waals surface area contributed by atoms with Crippen LogP contribution in [0.1, 0.15) is 45.5 Å². The molecule has 0 bridgehead atoms. The molecule has 0 saturated heterocycles. The highest BCUT2D eigenvalue weighted by Gasteiger charge is 2.17. The molecule has 1 amide bonds. The molecule has 7 nitrogen and oxygen atoms in total. The van der Waals surface area contributed by atoms with E-state index in [4.69, 9.17) is 0 Å². The molecule has 0 saturated carbocycles. The lowest BCUT2D eigenvalue weighted by atomic mass is 10.1. The molecule has 2 heterocycles. The van der Waals surface area contributed by atoms with Crippen LogP contribution in [0.15, 0.2) is 11.0 Å². The Labute approximate surface area is 140 Å². The van der Waals surface area contributed by atoms with Gasteiger partial charge in [-0.1, -0.05) is 0 Å². The SMILES string of the molecule is CC(=O)c1c(C)nn(CC(=O)NCc2[nH]cc(C)c(=O)c2C)c1C. The van der Waals surface area contributed by atoms with Crippen molar-refractivity contribution < 1.29 is 9.59 Å². The molecule has 0 atom stereocenters. The summed E-state index contributed by atoms with van der Waals surface area (Å²) in [7, 11) is 0. The Morgan fingerprint density at radius 2 is 1.92 bits per heavy atom. The Kier molecular flexibility index (Phi) is 5.02. The van der Waals surface area contributed by atoms with Crippen LogP contribution in [0.2, 0.25) is 0 Å². The fourth-order valence-corrected chi connectivity index (χ4v) is 2.72. The van der Waals surface area contributed by atoms with Gasteiger partial charge in [-0.25, -0.2) is 0 Å². The van der Waals surface area contributed by atoms with Gasteiger partial charge in [0.05, 0.1) is 17.8 Å². The third-order valence-electron chi connectivity index (χ3n) is 4.10. The van der Waals surface area contributed by atoms with Gasteiger partial charge in [-0.05, 0) is 34.6 Å². The molecule has 0 radical (unpaired) electrons.